The number of hydrogen-bond donors (Lipinski definition) is 0. The molecule has 0 N–H and O–H groups in total. The quantitative estimate of drug-likeness (QED) is 0.266. The minimum absolute atomic E-state index is 0.183. The average Bonchev–Trinajstić information content (AvgIpc) is 2.03. The van der Waals surface area contributed by atoms with E-state index in [1.807, 2.05) is 0 Å². The van der Waals surface area contributed by atoms with Gasteiger partial charge in [-0.15, -0.1) is 6.58 Å². The normalized spacial score (nSPS) is 11.8. The van der Waals surface area contributed by atoms with Crippen molar-refractivity contribution in [1.29, 1.82) is 0 Å². The Balaban J connectivity index is 4.03. The van der Waals surface area contributed by atoms with Gasteiger partial charge in [0.15, 0.2) is 0 Å². The van der Waals surface area contributed by atoms with Gasteiger partial charge < -0.3 is 4.74 Å². The van der Waals surface area contributed by atoms with Crippen molar-refractivity contribution < 1.29 is 14.5 Å². The molecule has 0 amide bonds. The van der Waals surface area contributed by atoms with Gasteiger partial charge in [-0.2, -0.15) is 0 Å². The van der Waals surface area contributed by atoms with Gasteiger partial charge in [0.2, 0.25) is 6.04 Å². The van der Waals surface area contributed by atoms with Crippen LogP contribution in [0.25, 0.3) is 0 Å². The Bertz CT molecular complexity index is 190. The van der Waals surface area contributed by atoms with E-state index in [4.69, 9.17) is 0 Å². The molecule has 0 rings (SSSR count). The molecule has 0 aliphatic carbocycles. The summed E-state index contributed by atoms with van der Waals surface area (Å²) in [5, 5.41) is 10.3. The minimum Gasteiger partial charge on any atom is -0.469 e. The summed E-state index contributed by atoms with van der Waals surface area (Å²) in [5.74, 6) is -0.571. The second kappa shape index (κ2) is 5.29. The Morgan fingerprint density at radius 2 is 2.42 bits per heavy atom. The lowest BCUT2D eigenvalue weighted by Crippen LogP contribution is -2.23. The zero-order chi connectivity index (χ0) is 9.56. The zero-order valence-electron chi connectivity index (χ0n) is 6.86. The highest BCUT2D eigenvalue weighted by molar-refractivity contribution is 5.69. The molecule has 0 aromatic heterocycles. The van der Waals surface area contributed by atoms with Crippen LogP contribution in [-0.2, 0) is 9.53 Å². The fourth-order valence-electron chi connectivity index (χ4n) is 0.712. The number of ether oxygens (including phenoxy) is 1. The maximum absolute atomic E-state index is 10.6. The van der Waals surface area contributed by atoms with Crippen LogP contribution >= 0.6 is 0 Å². The van der Waals surface area contributed by atoms with E-state index in [-0.39, 0.29) is 12.8 Å². The fraction of sp³-hybridized carbons (Fsp3) is 0.571. The summed E-state index contributed by atoms with van der Waals surface area (Å²) < 4.78 is 4.30. The maximum Gasteiger partial charge on any atom is 0.312 e. The molecular weight excluding hydrogens is 162 g/mol. The molecular formula is C7H11NO4. The predicted molar refractivity (Wildman–Crippen MR) is 42.2 cm³/mol. The van der Waals surface area contributed by atoms with Crippen molar-refractivity contribution in [2.45, 2.75) is 18.9 Å². The highest BCUT2D eigenvalue weighted by Crippen LogP contribution is 2.04. The molecule has 1 atom stereocenters. The van der Waals surface area contributed by atoms with Crippen LogP contribution in [0.2, 0.25) is 0 Å². The Morgan fingerprint density at radius 3 is 2.75 bits per heavy atom. The van der Waals surface area contributed by atoms with Gasteiger partial charge in [-0.05, 0) is 0 Å². The van der Waals surface area contributed by atoms with Crippen molar-refractivity contribution in [3.05, 3.63) is 22.8 Å². The number of carbonyl (C=O) groups excluding carboxylic acids is 1. The Hall–Kier alpha value is -1.39. The first-order chi connectivity index (χ1) is 5.61. The van der Waals surface area contributed by atoms with Crippen LogP contribution in [0.5, 0.6) is 0 Å². The van der Waals surface area contributed by atoms with Gasteiger partial charge in [-0.25, -0.2) is 0 Å². The SMILES string of the molecule is C=CCC(CC(=O)OC)[N+](=O)[O-]. The number of nitro groups is 1. The van der Waals surface area contributed by atoms with E-state index in [9.17, 15) is 14.9 Å². The lowest BCUT2D eigenvalue weighted by molar-refractivity contribution is -0.520. The van der Waals surface area contributed by atoms with Crippen LogP contribution in [0.1, 0.15) is 12.8 Å². The number of carbonyl (C=O) groups is 1. The van der Waals surface area contributed by atoms with E-state index in [1.165, 1.54) is 13.2 Å². The summed E-state index contributed by atoms with van der Waals surface area (Å²) in [6.45, 7) is 3.36. The van der Waals surface area contributed by atoms with Gasteiger partial charge >= 0.3 is 5.97 Å². The number of rotatable bonds is 5. The van der Waals surface area contributed by atoms with E-state index >= 15 is 0 Å². The van der Waals surface area contributed by atoms with Gasteiger partial charge in [-0.1, -0.05) is 6.08 Å². The monoisotopic (exact) mass is 173 g/mol. The summed E-state index contributed by atoms with van der Waals surface area (Å²) in [6.07, 6.45) is 1.40. The van der Waals surface area contributed by atoms with Crippen molar-refractivity contribution in [3.63, 3.8) is 0 Å². The summed E-state index contributed by atoms with van der Waals surface area (Å²) in [4.78, 5) is 20.4. The molecule has 0 radical (unpaired) electrons. The highest BCUT2D eigenvalue weighted by Gasteiger charge is 2.22. The lowest BCUT2D eigenvalue weighted by Gasteiger charge is -2.04. The molecule has 0 aromatic rings. The van der Waals surface area contributed by atoms with Crippen LogP contribution in [0.3, 0.4) is 0 Å². The fourth-order valence-corrected chi connectivity index (χ4v) is 0.712. The molecule has 0 aliphatic heterocycles. The topological polar surface area (TPSA) is 69.4 Å². The maximum atomic E-state index is 10.6. The number of esters is 1. The van der Waals surface area contributed by atoms with Crippen molar-refractivity contribution in [3.8, 4) is 0 Å². The van der Waals surface area contributed by atoms with Crippen LogP contribution in [-0.4, -0.2) is 24.0 Å². The second-order valence-electron chi connectivity index (χ2n) is 2.24. The molecule has 0 bridgehead atoms. The van der Waals surface area contributed by atoms with E-state index in [0.717, 1.165) is 0 Å². The van der Waals surface area contributed by atoms with E-state index in [0.29, 0.717) is 0 Å². The third kappa shape index (κ3) is 3.70. The molecule has 68 valence electrons. The molecule has 0 aliphatic rings. The van der Waals surface area contributed by atoms with Crippen molar-refractivity contribution >= 4 is 5.97 Å². The molecule has 5 nitrogen and oxygen atoms in total. The van der Waals surface area contributed by atoms with Crippen LogP contribution in [0.4, 0.5) is 0 Å². The lowest BCUT2D eigenvalue weighted by atomic mass is 10.1. The zero-order valence-corrected chi connectivity index (χ0v) is 6.86. The summed E-state index contributed by atoms with van der Waals surface area (Å²) in [6, 6.07) is -0.907. The molecule has 5 heteroatoms. The van der Waals surface area contributed by atoms with Gasteiger partial charge in [-0.3, -0.25) is 14.9 Å². The molecule has 0 aromatic carbocycles. The third-order valence-electron chi connectivity index (χ3n) is 1.37. The average molecular weight is 173 g/mol. The first-order valence-corrected chi connectivity index (χ1v) is 3.43. The smallest absolute Gasteiger partial charge is 0.312 e. The molecule has 0 spiro atoms. The first kappa shape index (κ1) is 10.6. The Kier molecular flexibility index (Phi) is 4.67. The van der Waals surface area contributed by atoms with Crippen molar-refractivity contribution in [2.24, 2.45) is 0 Å². The third-order valence-corrected chi connectivity index (χ3v) is 1.37. The van der Waals surface area contributed by atoms with E-state index in [2.05, 4.69) is 11.3 Å². The Labute approximate surface area is 70.2 Å². The standard InChI is InChI=1S/C7H11NO4/c1-3-4-6(8(10)11)5-7(9)12-2/h3,6H,1,4-5H2,2H3. The summed E-state index contributed by atoms with van der Waals surface area (Å²) in [7, 11) is 1.20. The molecule has 1 unspecified atom stereocenters. The summed E-state index contributed by atoms with van der Waals surface area (Å²) in [5.41, 5.74) is 0. The van der Waals surface area contributed by atoms with E-state index in [1.54, 1.807) is 0 Å². The predicted octanol–water partition coefficient (Wildman–Crippen LogP) is 0.771. The first-order valence-electron chi connectivity index (χ1n) is 3.43. The second-order valence-corrected chi connectivity index (χ2v) is 2.24. The molecule has 0 saturated heterocycles. The van der Waals surface area contributed by atoms with Gasteiger partial charge in [0.1, 0.15) is 6.42 Å². The van der Waals surface area contributed by atoms with Gasteiger partial charge in [0.05, 0.1) is 7.11 Å². The van der Waals surface area contributed by atoms with Gasteiger partial charge in [0.25, 0.3) is 0 Å². The molecule has 0 saturated carbocycles. The van der Waals surface area contributed by atoms with Crippen molar-refractivity contribution in [2.75, 3.05) is 7.11 Å². The van der Waals surface area contributed by atoms with Crippen LogP contribution < -0.4 is 0 Å². The van der Waals surface area contributed by atoms with Crippen molar-refractivity contribution in [1.82, 2.24) is 0 Å². The largest absolute Gasteiger partial charge is 0.469 e. The highest BCUT2D eigenvalue weighted by atomic mass is 16.6. The number of nitrogens with zero attached hydrogens (tertiary/aromatic N) is 1. The Morgan fingerprint density at radius 1 is 1.83 bits per heavy atom. The molecule has 12 heavy (non-hydrogen) atoms. The van der Waals surface area contributed by atoms with Crippen LogP contribution in [0, 0.1) is 10.1 Å². The minimum atomic E-state index is -0.907. The molecule has 0 heterocycles. The number of hydrogen-bond acceptors (Lipinski definition) is 4. The van der Waals surface area contributed by atoms with E-state index < -0.39 is 16.9 Å². The summed E-state index contributed by atoms with van der Waals surface area (Å²) >= 11 is 0. The van der Waals surface area contributed by atoms with Crippen LogP contribution in [0.15, 0.2) is 12.7 Å². The molecule has 0 fully saturated rings. The van der Waals surface area contributed by atoms with Gasteiger partial charge in [0, 0.05) is 11.3 Å². The number of methoxy groups -OCH3 is 1.